The Bertz CT molecular complexity index is 818. The monoisotopic (exact) mass is 408 g/mol. The maximum atomic E-state index is 12.9. The van der Waals surface area contributed by atoms with Gasteiger partial charge in [-0.15, -0.1) is 0 Å². The van der Waals surface area contributed by atoms with E-state index in [2.05, 4.69) is 6.07 Å². The number of rotatable bonds is 6. The number of nitrogens with zero attached hydrogens (tertiary/aromatic N) is 2. The number of esters is 1. The molecule has 2 fully saturated rings. The topological polar surface area (TPSA) is 73.9 Å². The van der Waals surface area contributed by atoms with Crippen LogP contribution in [0.3, 0.4) is 0 Å². The molecule has 158 valence electrons. The fraction of sp³-hybridized carbons (Fsp3) is 0.560. The fourth-order valence-electron chi connectivity index (χ4n) is 4.78. The third-order valence-corrected chi connectivity index (χ3v) is 6.65. The van der Waals surface area contributed by atoms with Crippen LogP contribution >= 0.6 is 0 Å². The van der Waals surface area contributed by atoms with Gasteiger partial charge in [-0.25, -0.2) is 0 Å². The highest BCUT2D eigenvalue weighted by Crippen LogP contribution is 2.37. The Hall–Kier alpha value is -2.66. The van der Waals surface area contributed by atoms with Crippen molar-refractivity contribution in [3.05, 3.63) is 47.3 Å². The van der Waals surface area contributed by atoms with E-state index in [4.69, 9.17) is 15.3 Å². The van der Waals surface area contributed by atoms with E-state index in [0.29, 0.717) is 23.8 Å². The summed E-state index contributed by atoms with van der Waals surface area (Å²) in [6.45, 7) is 0. The van der Waals surface area contributed by atoms with Crippen LogP contribution in [0.1, 0.15) is 81.3 Å². The lowest BCUT2D eigenvalue weighted by Gasteiger charge is -2.31. The van der Waals surface area contributed by atoms with Crippen molar-refractivity contribution in [2.24, 2.45) is 11.8 Å². The van der Waals surface area contributed by atoms with Crippen LogP contribution < -0.4 is 0 Å². The van der Waals surface area contributed by atoms with Gasteiger partial charge in [-0.1, -0.05) is 12.1 Å². The second-order valence-corrected chi connectivity index (χ2v) is 8.60. The van der Waals surface area contributed by atoms with Gasteiger partial charge in [0.2, 0.25) is 0 Å². The summed E-state index contributed by atoms with van der Waals surface area (Å²) in [5.74, 6) is 0.224. The summed E-state index contributed by atoms with van der Waals surface area (Å²) >= 11 is 0. The van der Waals surface area contributed by atoms with E-state index in [0.717, 1.165) is 57.8 Å². The summed E-state index contributed by atoms with van der Waals surface area (Å²) in [4.78, 5) is 12.6. The molecule has 0 radical (unpaired) electrons. The number of hydrogen-bond donors (Lipinski definition) is 0. The summed E-state index contributed by atoms with van der Waals surface area (Å²) in [6.07, 6.45) is 10.3. The van der Waals surface area contributed by atoms with Gasteiger partial charge in [0.05, 0.1) is 17.6 Å². The molecule has 0 spiro atoms. The van der Waals surface area contributed by atoms with Gasteiger partial charge in [-0.2, -0.15) is 14.9 Å². The molecule has 0 saturated heterocycles. The van der Waals surface area contributed by atoms with Gasteiger partial charge in [-0.05, 0) is 99.8 Å². The molecule has 2 saturated carbocycles. The second kappa shape index (κ2) is 10.9. The minimum atomic E-state index is -0.702. The predicted molar refractivity (Wildman–Crippen MR) is 112 cm³/mol. The average Bonchev–Trinajstić information content (AvgIpc) is 2.80. The van der Waals surface area contributed by atoms with E-state index in [-0.39, 0.29) is 18.0 Å². The first-order valence-corrected chi connectivity index (χ1v) is 11.1. The number of ether oxygens (including phenoxy) is 1. The van der Waals surface area contributed by atoms with Gasteiger partial charge in [0.25, 0.3) is 0 Å². The van der Waals surface area contributed by atoms with Gasteiger partial charge >= 0.3 is 5.97 Å². The summed E-state index contributed by atoms with van der Waals surface area (Å²) < 4.78 is 18.7. The third-order valence-electron chi connectivity index (χ3n) is 6.65. The summed E-state index contributed by atoms with van der Waals surface area (Å²) in [5.41, 5.74) is 1.93. The molecule has 0 heterocycles. The highest BCUT2D eigenvalue weighted by atomic mass is 19.1. The molecule has 0 unspecified atom stereocenters. The lowest BCUT2D eigenvalue weighted by molar-refractivity contribution is -0.157. The summed E-state index contributed by atoms with van der Waals surface area (Å²) in [5, 5.41) is 17.4. The van der Waals surface area contributed by atoms with Crippen molar-refractivity contribution in [3.63, 3.8) is 0 Å². The van der Waals surface area contributed by atoms with Crippen LogP contribution in [0.4, 0.5) is 4.39 Å². The first-order valence-electron chi connectivity index (χ1n) is 11.1. The molecular formula is C25H29FN2O2. The van der Waals surface area contributed by atoms with Crippen molar-refractivity contribution < 1.29 is 13.9 Å². The number of nitriles is 2. The number of carbonyl (C=O) groups is 1. The van der Waals surface area contributed by atoms with Crippen LogP contribution in [0.5, 0.6) is 0 Å². The summed E-state index contributed by atoms with van der Waals surface area (Å²) in [6, 6.07) is 11.4. The highest BCUT2D eigenvalue weighted by Gasteiger charge is 2.31. The fourth-order valence-corrected chi connectivity index (χ4v) is 4.78. The molecule has 1 aromatic rings. The van der Waals surface area contributed by atoms with Gasteiger partial charge in [-0.3, -0.25) is 4.79 Å². The van der Waals surface area contributed by atoms with Crippen LogP contribution in [0.2, 0.25) is 0 Å². The SMILES string of the molecule is N#CC(F)=CCC[C@H]1CC[C@H](OC(=O)[C@H]2CC[C@H](c3ccc(C#N)cc3)CC2)CC1. The molecule has 0 bridgehead atoms. The molecule has 0 N–H and O–H groups in total. The maximum Gasteiger partial charge on any atom is 0.309 e. The first-order chi connectivity index (χ1) is 14.6. The van der Waals surface area contributed by atoms with Crippen molar-refractivity contribution in [1.82, 2.24) is 0 Å². The first kappa shape index (κ1) is 22.0. The Morgan fingerprint density at radius 2 is 1.70 bits per heavy atom. The van der Waals surface area contributed by atoms with Crippen LogP contribution in [0.15, 0.2) is 36.2 Å². The Morgan fingerprint density at radius 1 is 1.03 bits per heavy atom. The summed E-state index contributed by atoms with van der Waals surface area (Å²) in [7, 11) is 0. The van der Waals surface area contributed by atoms with Crippen molar-refractivity contribution >= 4 is 5.97 Å². The van der Waals surface area contributed by atoms with Crippen molar-refractivity contribution in [3.8, 4) is 12.1 Å². The minimum absolute atomic E-state index is 0.00329. The minimum Gasteiger partial charge on any atom is -0.462 e. The zero-order valence-electron chi connectivity index (χ0n) is 17.4. The lowest BCUT2D eigenvalue weighted by Crippen LogP contribution is -2.29. The molecular weight excluding hydrogens is 379 g/mol. The quantitative estimate of drug-likeness (QED) is 0.421. The smallest absolute Gasteiger partial charge is 0.309 e. The predicted octanol–water partition coefficient (Wildman–Crippen LogP) is 6.09. The molecule has 1 aromatic carbocycles. The van der Waals surface area contributed by atoms with Crippen molar-refractivity contribution in [2.45, 2.75) is 76.2 Å². The van der Waals surface area contributed by atoms with Crippen molar-refractivity contribution in [1.29, 1.82) is 10.5 Å². The van der Waals surface area contributed by atoms with Gasteiger partial charge in [0.1, 0.15) is 12.2 Å². The zero-order valence-corrected chi connectivity index (χ0v) is 17.4. The van der Waals surface area contributed by atoms with E-state index >= 15 is 0 Å². The highest BCUT2D eigenvalue weighted by molar-refractivity contribution is 5.72. The standard InChI is InChI=1S/C25H29FN2O2/c26-23(17-28)3-1-2-18-6-14-24(15-7-18)30-25(29)22-12-10-21(11-13-22)20-8-4-19(16-27)5-9-20/h3-5,8-9,18,21-22,24H,1-2,6-7,10-15H2/t18-,21-,22-,24-. The Kier molecular flexibility index (Phi) is 8.03. The van der Waals surface area contributed by atoms with Crippen LogP contribution in [0.25, 0.3) is 0 Å². The number of hydrogen-bond acceptors (Lipinski definition) is 4. The Labute approximate surface area is 178 Å². The maximum absolute atomic E-state index is 12.9. The van der Waals surface area contributed by atoms with E-state index < -0.39 is 5.83 Å². The van der Waals surface area contributed by atoms with Crippen LogP contribution in [-0.4, -0.2) is 12.1 Å². The van der Waals surface area contributed by atoms with E-state index in [1.807, 2.05) is 24.3 Å². The second-order valence-electron chi connectivity index (χ2n) is 8.60. The van der Waals surface area contributed by atoms with E-state index in [1.54, 1.807) is 0 Å². The molecule has 0 atom stereocenters. The van der Waals surface area contributed by atoms with Crippen LogP contribution in [0, 0.1) is 34.5 Å². The van der Waals surface area contributed by atoms with E-state index in [1.165, 1.54) is 17.7 Å². The van der Waals surface area contributed by atoms with E-state index in [9.17, 15) is 9.18 Å². The number of halogens is 1. The zero-order chi connectivity index (χ0) is 21.3. The number of benzene rings is 1. The number of carbonyl (C=O) groups excluding carboxylic acids is 1. The van der Waals surface area contributed by atoms with Crippen LogP contribution in [-0.2, 0) is 9.53 Å². The van der Waals surface area contributed by atoms with Gasteiger partial charge < -0.3 is 4.74 Å². The van der Waals surface area contributed by atoms with Gasteiger partial charge in [0, 0.05) is 0 Å². The molecule has 3 rings (SSSR count). The lowest BCUT2D eigenvalue weighted by atomic mass is 9.78. The van der Waals surface area contributed by atoms with Gasteiger partial charge in [0.15, 0.2) is 5.83 Å². The molecule has 0 aromatic heterocycles. The normalized spacial score (nSPS) is 27.0. The molecule has 2 aliphatic carbocycles. The largest absolute Gasteiger partial charge is 0.462 e. The average molecular weight is 409 g/mol. The molecule has 2 aliphatic rings. The molecule has 5 heteroatoms. The third kappa shape index (κ3) is 6.17. The van der Waals surface area contributed by atoms with Crippen molar-refractivity contribution in [2.75, 3.05) is 0 Å². The number of allylic oxidation sites excluding steroid dienone is 2. The Morgan fingerprint density at radius 3 is 2.30 bits per heavy atom. The molecule has 4 nitrogen and oxygen atoms in total. The molecule has 0 aliphatic heterocycles. The molecule has 30 heavy (non-hydrogen) atoms. The Balaban J connectivity index is 1.37. The molecule has 0 amide bonds.